The van der Waals surface area contributed by atoms with E-state index in [1.54, 1.807) is 0 Å². The molecule has 0 fully saturated rings. The van der Waals surface area contributed by atoms with Crippen LogP contribution in [0.15, 0.2) is 231 Å². The van der Waals surface area contributed by atoms with E-state index in [0.717, 1.165) is 45.0 Å². The molecule has 0 aliphatic carbocycles. The molecule has 3 heterocycles. The van der Waals surface area contributed by atoms with E-state index >= 15 is 0 Å². The van der Waals surface area contributed by atoms with Crippen molar-refractivity contribution in [2.24, 2.45) is 0 Å². The van der Waals surface area contributed by atoms with Crippen LogP contribution in [0.1, 0.15) is 0 Å². The van der Waals surface area contributed by atoms with Crippen LogP contribution < -0.4 is 0 Å². The molecule has 0 spiro atoms. The molecule has 0 N–H and O–H groups in total. The Kier molecular flexibility index (Phi) is 8.46. The van der Waals surface area contributed by atoms with Gasteiger partial charge in [0, 0.05) is 49.6 Å². The monoisotopic (exact) mass is 790 g/mol. The number of para-hydroxylation sites is 3. The molecule has 0 bridgehead atoms. The van der Waals surface area contributed by atoms with Gasteiger partial charge in [0.2, 0.25) is 0 Å². The van der Waals surface area contributed by atoms with E-state index in [0.29, 0.717) is 5.82 Å². The van der Waals surface area contributed by atoms with Crippen LogP contribution in [0.3, 0.4) is 0 Å². The minimum absolute atomic E-state index is 0.701. The van der Waals surface area contributed by atoms with Crippen LogP contribution in [-0.2, 0) is 0 Å². The zero-order valence-corrected chi connectivity index (χ0v) is 33.7. The summed E-state index contributed by atoms with van der Waals surface area (Å²) in [7, 11) is 0. The van der Waals surface area contributed by atoms with E-state index in [1.165, 1.54) is 60.3 Å². The molecule has 0 aliphatic rings. The molecule has 3 aromatic heterocycles. The van der Waals surface area contributed by atoms with E-state index < -0.39 is 0 Å². The van der Waals surface area contributed by atoms with Crippen LogP contribution in [0.2, 0.25) is 0 Å². The average molecular weight is 791 g/mol. The molecule has 0 saturated heterocycles. The molecule has 0 saturated carbocycles. The Morgan fingerprint density at radius 3 is 1.26 bits per heavy atom. The lowest BCUT2D eigenvalue weighted by Gasteiger charge is -2.12. The summed E-state index contributed by atoms with van der Waals surface area (Å²) in [6, 6.07) is 82.1. The van der Waals surface area contributed by atoms with Crippen LogP contribution in [0.5, 0.6) is 0 Å². The first kappa shape index (κ1) is 35.6. The maximum atomic E-state index is 5.14. The van der Waals surface area contributed by atoms with Gasteiger partial charge >= 0.3 is 0 Å². The first-order valence-corrected chi connectivity index (χ1v) is 21.1. The second-order valence-electron chi connectivity index (χ2n) is 15.8. The molecule has 0 aliphatic heterocycles. The smallest absolute Gasteiger partial charge is 0.160 e. The molecule has 0 radical (unpaired) electrons. The van der Waals surface area contributed by atoms with Crippen molar-refractivity contribution in [1.29, 1.82) is 0 Å². The van der Waals surface area contributed by atoms with Gasteiger partial charge in [-0.3, -0.25) is 0 Å². The Hall–Kier alpha value is -8.34. The van der Waals surface area contributed by atoms with Gasteiger partial charge in [0.25, 0.3) is 0 Å². The van der Waals surface area contributed by atoms with Crippen LogP contribution in [-0.4, -0.2) is 19.1 Å². The minimum atomic E-state index is 0.701. The summed E-state index contributed by atoms with van der Waals surface area (Å²) in [5.41, 5.74) is 16.5. The standard InChI is InChI=1S/C58H38N4/c1-4-15-39(16-5-1)42-19-14-20-45(35-42)53-38-52(59-58(60-53)41-17-6-2-7-18-41)40-27-31-47(32-28-40)62-55-26-13-11-24-49(55)51-37-44(30-34-57(51)62)43-29-33-56-50(36-43)48-23-10-12-25-54(48)61(56)46-21-8-3-9-22-46/h1-38H. The summed E-state index contributed by atoms with van der Waals surface area (Å²) >= 11 is 0. The number of hydrogen-bond donors (Lipinski definition) is 0. The second-order valence-corrected chi connectivity index (χ2v) is 15.8. The third-order valence-electron chi connectivity index (χ3n) is 12.1. The molecular formula is C58H38N4. The van der Waals surface area contributed by atoms with Crippen LogP contribution in [0, 0.1) is 0 Å². The molecular weight excluding hydrogens is 753 g/mol. The molecule has 12 aromatic rings. The lowest BCUT2D eigenvalue weighted by Crippen LogP contribution is -1.97. The van der Waals surface area contributed by atoms with Crippen molar-refractivity contribution < 1.29 is 0 Å². The van der Waals surface area contributed by atoms with E-state index in [9.17, 15) is 0 Å². The quantitative estimate of drug-likeness (QED) is 0.161. The third kappa shape index (κ3) is 6.08. The fourth-order valence-corrected chi connectivity index (χ4v) is 9.17. The highest BCUT2D eigenvalue weighted by molar-refractivity contribution is 6.12. The zero-order valence-electron chi connectivity index (χ0n) is 33.7. The Bertz CT molecular complexity index is 3600. The van der Waals surface area contributed by atoms with Crippen LogP contribution >= 0.6 is 0 Å². The highest BCUT2D eigenvalue weighted by Crippen LogP contribution is 2.39. The van der Waals surface area contributed by atoms with E-state index in [2.05, 4.69) is 215 Å². The average Bonchev–Trinajstić information content (AvgIpc) is 3.87. The van der Waals surface area contributed by atoms with Gasteiger partial charge in [0.05, 0.1) is 33.5 Å². The normalized spacial score (nSPS) is 11.5. The second kappa shape index (κ2) is 14.7. The van der Waals surface area contributed by atoms with Crippen molar-refractivity contribution in [1.82, 2.24) is 19.1 Å². The zero-order chi connectivity index (χ0) is 41.0. The van der Waals surface area contributed by atoms with Gasteiger partial charge in [-0.2, -0.15) is 0 Å². The number of fused-ring (bicyclic) bond motifs is 6. The fraction of sp³-hybridized carbons (Fsp3) is 0. The topological polar surface area (TPSA) is 35.6 Å². The summed E-state index contributed by atoms with van der Waals surface area (Å²) < 4.78 is 4.75. The van der Waals surface area contributed by atoms with Crippen molar-refractivity contribution in [3.05, 3.63) is 231 Å². The van der Waals surface area contributed by atoms with Gasteiger partial charge in [0.15, 0.2) is 5.82 Å². The number of rotatable bonds is 7. The summed E-state index contributed by atoms with van der Waals surface area (Å²) in [5, 5.41) is 4.94. The molecule has 0 atom stereocenters. The summed E-state index contributed by atoms with van der Waals surface area (Å²) in [6.07, 6.45) is 0. The first-order valence-electron chi connectivity index (χ1n) is 21.1. The molecule has 4 heteroatoms. The minimum Gasteiger partial charge on any atom is -0.309 e. The Labute approximate surface area is 359 Å². The molecule has 4 nitrogen and oxygen atoms in total. The molecule has 9 aromatic carbocycles. The largest absolute Gasteiger partial charge is 0.309 e. The molecule has 62 heavy (non-hydrogen) atoms. The maximum Gasteiger partial charge on any atom is 0.160 e. The van der Waals surface area contributed by atoms with Gasteiger partial charge in [0.1, 0.15) is 0 Å². The predicted octanol–water partition coefficient (Wildman–Crippen LogP) is 15.0. The number of aromatic nitrogens is 4. The summed E-state index contributed by atoms with van der Waals surface area (Å²) in [4.78, 5) is 10.3. The number of hydrogen-bond acceptors (Lipinski definition) is 2. The molecule has 290 valence electrons. The molecule has 0 unspecified atom stereocenters. The van der Waals surface area contributed by atoms with Crippen LogP contribution in [0.25, 0.3) is 111 Å². The lowest BCUT2D eigenvalue weighted by atomic mass is 10.0. The molecule has 0 amide bonds. The van der Waals surface area contributed by atoms with Crippen molar-refractivity contribution >= 4 is 43.6 Å². The summed E-state index contributed by atoms with van der Waals surface area (Å²) in [6.45, 7) is 0. The highest BCUT2D eigenvalue weighted by atomic mass is 15.0. The van der Waals surface area contributed by atoms with Gasteiger partial charge in [-0.05, 0) is 95.1 Å². The van der Waals surface area contributed by atoms with E-state index in [-0.39, 0.29) is 0 Å². The van der Waals surface area contributed by atoms with Gasteiger partial charge in [-0.25, -0.2) is 9.97 Å². The lowest BCUT2D eigenvalue weighted by molar-refractivity contribution is 1.17. The van der Waals surface area contributed by atoms with Gasteiger partial charge < -0.3 is 9.13 Å². The maximum absolute atomic E-state index is 5.14. The van der Waals surface area contributed by atoms with Crippen molar-refractivity contribution in [2.45, 2.75) is 0 Å². The SMILES string of the molecule is c1ccc(-c2cccc(-c3cc(-c4ccc(-n5c6ccccc6c6cc(-c7ccc8c(c7)c7ccccc7n8-c7ccccc7)ccc65)cc4)nc(-c4ccccc4)n3)c2)cc1. The van der Waals surface area contributed by atoms with E-state index in [4.69, 9.17) is 9.97 Å². The van der Waals surface area contributed by atoms with Gasteiger partial charge in [-0.1, -0.05) is 158 Å². The molecule has 12 rings (SSSR count). The Morgan fingerprint density at radius 1 is 0.242 bits per heavy atom. The third-order valence-corrected chi connectivity index (χ3v) is 12.1. The van der Waals surface area contributed by atoms with Crippen LogP contribution in [0.4, 0.5) is 0 Å². The number of benzene rings is 9. The Morgan fingerprint density at radius 2 is 0.661 bits per heavy atom. The van der Waals surface area contributed by atoms with Crippen molar-refractivity contribution in [3.63, 3.8) is 0 Å². The van der Waals surface area contributed by atoms with Crippen molar-refractivity contribution in [3.8, 4) is 67.5 Å². The van der Waals surface area contributed by atoms with Gasteiger partial charge in [-0.15, -0.1) is 0 Å². The van der Waals surface area contributed by atoms with Crippen molar-refractivity contribution in [2.75, 3.05) is 0 Å². The fourth-order valence-electron chi connectivity index (χ4n) is 9.17. The predicted molar refractivity (Wildman–Crippen MR) is 258 cm³/mol. The first-order chi connectivity index (χ1) is 30.7. The van der Waals surface area contributed by atoms with E-state index in [1.807, 2.05) is 24.3 Å². The summed E-state index contributed by atoms with van der Waals surface area (Å²) in [5.74, 6) is 0.701. The number of nitrogens with zero attached hydrogens (tertiary/aromatic N) is 4. The Balaban J connectivity index is 0.941. The highest BCUT2D eigenvalue weighted by Gasteiger charge is 2.17.